The zero-order chi connectivity index (χ0) is 19.8. The first-order chi connectivity index (χ1) is 13.4. The predicted molar refractivity (Wildman–Crippen MR) is 112 cm³/mol. The molecule has 6 nitrogen and oxygen atoms in total. The van der Waals surface area contributed by atoms with E-state index in [1.165, 1.54) is 22.9 Å². The van der Waals surface area contributed by atoms with Crippen LogP contribution in [0.5, 0.6) is 0 Å². The van der Waals surface area contributed by atoms with Gasteiger partial charge in [0.2, 0.25) is 11.1 Å². The molecule has 0 fully saturated rings. The van der Waals surface area contributed by atoms with Gasteiger partial charge >= 0.3 is 0 Å². The number of carbonyl (C=O) groups is 1. The van der Waals surface area contributed by atoms with E-state index >= 15 is 0 Å². The summed E-state index contributed by atoms with van der Waals surface area (Å²) in [7, 11) is 0. The fourth-order valence-electron chi connectivity index (χ4n) is 3.34. The van der Waals surface area contributed by atoms with Gasteiger partial charge in [-0.25, -0.2) is 4.68 Å². The standard InChI is InChI=1S/C21H23N5OS/c1-12-5-8-16(9-6-12)18-19(28-21-24-23-15(4)26(21)25-18)20(27)22-17-10-7-13(2)11-14(17)3/h5-11,18-19,25H,1-4H3,(H,22,27)/t18-,19+/m0/s1. The number of aromatic nitrogens is 3. The molecular formula is C21H23N5OS. The summed E-state index contributed by atoms with van der Waals surface area (Å²) >= 11 is 1.44. The Morgan fingerprint density at radius 1 is 1.04 bits per heavy atom. The predicted octanol–water partition coefficient (Wildman–Crippen LogP) is 3.91. The quantitative estimate of drug-likeness (QED) is 0.706. The van der Waals surface area contributed by atoms with Crippen LogP contribution in [-0.4, -0.2) is 26.0 Å². The first-order valence-electron chi connectivity index (χ1n) is 9.22. The van der Waals surface area contributed by atoms with E-state index in [2.05, 4.69) is 58.2 Å². The van der Waals surface area contributed by atoms with E-state index in [0.717, 1.165) is 22.6 Å². The van der Waals surface area contributed by atoms with Crippen molar-refractivity contribution >= 4 is 23.4 Å². The Kier molecular flexibility index (Phi) is 4.85. The fourth-order valence-corrected chi connectivity index (χ4v) is 4.47. The number of hydrogen-bond donors (Lipinski definition) is 2. The van der Waals surface area contributed by atoms with Gasteiger partial charge in [-0.3, -0.25) is 4.79 Å². The Morgan fingerprint density at radius 3 is 2.46 bits per heavy atom. The van der Waals surface area contributed by atoms with Crippen LogP contribution < -0.4 is 10.7 Å². The Bertz CT molecular complexity index is 1030. The third kappa shape index (κ3) is 3.49. The number of nitrogens with one attached hydrogen (secondary N) is 2. The number of fused-ring (bicyclic) bond motifs is 1. The summed E-state index contributed by atoms with van der Waals surface area (Å²) in [6.45, 7) is 8.00. The summed E-state index contributed by atoms with van der Waals surface area (Å²) < 4.78 is 1.86. The van der Waals surface area contributed by atoms with Crippen molar-refractivity contribution in [1.82, 2.24) is 14.9 Å². The van der Waals surface area contributed by atoms with Crippen molar-refractivity contribution in [3.05, 3.63) is 70.5 Å². The second kappa shape index (κ2) is 7.31. The number of anilines is 1. The zero-order valence-electron chi connectivity index (χ0n) is 16.4. The lowest BCUT2D eigenvalue weighted by Crippen LogP contribution is -2.41. The molecule has 2 heterocycles. The molecule has 1 aliphatic rings. The Hall–Kier alpha value is -2.80. The monoisotopic (exact) mass is 393 g/mol. The number of amides is 1. The zero-order valence-corrected chi connectivity index (χ0v) is 17.2. The number of nitrogens with zero attached hydrogens (tertiary/aromatic N) is 3. The summed E-state index contributed by atoms with van der Waals surface area (Å²) in [5, 5.41) is 11.8. The Labute approximate surface area is 168 Å². The molecule has 144 valence electrons. The lowest BCUT2D eigenvalue weighted by Gasteiger charge is -2.33. The Morgan fingerprint density at radius 2 is 1.75 bits per heavy atom. The highest BCUT2D eigenvalue weighted by molar-refractivity contribution is 8.00. The molecular weight excluding hydrogens is 370 g/mol. The summed E-state index contributed by atoms with van der Waals surface area (Å²) in [6.07, 6.45) is 0. The molecule has 4 rings (SSSR count). The maximum absolute atomic E-state index is 13.2. The van der Waals surface area contributed by atoms with Gasteiger partial charge in [-0.2, -0.15) is 0 Å². The van der Waals surface area contributed by atoms with Crippen LogP contribution in [0.4, 0.5) is 5.69 Å². The van der Waals surface area contributed by atoms with Crippen molar-refractivity contribution in [1.29, 1.82) is 0 Å². The summed E-state index contributed by atoms with van der Waals surface area (Å²) in [5.74, 6) is 0.717. The fraction of sp³-hybridized carbons (Fsp3) is 0.286. The van der Waals surface area contributed by atoms with Crippen molar-refractivity contribution in [2.75, 3.05) is 10.7 Å². The van der Waals surface area contributed by atoms with Gasteiger partial charge in [-0.1, -0.05) is 59.3 Å². The number of carbonyl (C=O) groups excluding carboxylic acids is 1. The topological polar surface area (TPSA) is 71.8 Å². The van der Waals surface area contributed by atoms with Crippen LogP contribution in [0.2, 0.25) is 0 Å². The molecule has 0 bridgehead atoms. The third-order valence-electron chi connectivity index (χ3n) is 4.93. The van der Waals surface area contributed by atoms with Crippen molar-refractivity contribution in [3.63, 3.8) is 0 Å². The summed E-state index contributed by atoms with van der Waals surface area (Å²) in [4.78, 5) is 13.2. The van der Waals surface area contributed by atoms with Gasteiger partial charge < -0.3 is 10.7 Å². The second-order valence-corrected chi connectivity index (χ2v) is 8.34. The van der Waals surface area contributed by atoms with Gasteiger partial charge in [0.15, 0.2) is 0 Å². The minimum Gasteiger partial charge on any atom is -0.325 e. The molecule has 0 aliphatic carbocycles. The maximum Gasteiger partial charge on any atom is 0.240 e. The molecule has 0 unspecified atom stereocenters. The van der Waals surface area contributed by atoms with Crippen molar-refractivity contribution in [3.8, 4) is 0 Å². The summed E-state index contributed by atoms with van der Waals surface area (Å²) in [5.41, 5.74) is 8.73. The molecule has 2 N–H and O–H groups in total. The van der Waals surface area contributed by atoms with E-state index in [9.17, 15) is 4.79 Å². The highest BCUT2D eigenvalue weighted by Crippen LogP contribution is 2.37. The average Bonchev–Trinajstić information content (AvgIpc) is 3.04. The highest BCUT2D eigenvalue weighted by atomic mass is 32.2. The SMILES string of the molecule is Cc1ccc([C@@H]2Nn3c(C)nnc3S[C@H]2C(=O)Nc2ccc(C)cc2C)cc1. The van der Waals surface area contributed by atoms with Crippen LogP contribution in [0, 0.1) is 27.7 Å². The van der Waals surface area contributed by atoms with Gasteiger partial charge in [0.05, 0.1) is 6.04 Å². The first kappa shape index (κ1) is 18.6. The molecule has 2 aromatic carbocycles. The van der Waals surface area contributed by atoms with E-state index < -0.39 is 0 Å². The third-order valence-corrected chi connectivity index (χ3v) is 6.15. The van der Waals surface area contributed by atoms with Crippen LogP contribution in [0.3, 0.4) is 0 Å². The smallest absolute Gasteiger partial charge is 0.240 e. The van der Waals surface area contributed by atoms with Gasteiger partial charge in [0, 0.05) is 5.69 Å². The molecule has 3 aromatic rings. The van der Waals surface area contributed by atoms with Gasteiger partial charge in [0.1, 0.15) is 11.1 Å². The van der Waals surface area contributed by atoms with Crippen molar-refractivity contribution in [2.45, 2.75) is 44.1 Å². The molecule has 0 saturated heterocycles. The molecule has 0 saturated carbocycles. The second-order valence-electron chi connectivity index (χ2n) is 7.23. The van der Waals surface area contributed by atoms with Crippen molar-refractivity contribution in [2.24, 2.45) is 0 Å². The number of benzene rings is 2. The highest BCUT2D eigenvalue weighted by Gasteiger charge is 2.37. The molecule has 1 aliphatic heterocycles. The first-order valence-corrected chi connectivity index (χ1v) is 10.1. The lowest BCUT2D eigenvalue weighted by atomic mass is 10.0. The molecule has 1 amide bonds. The van der Waals surface area contributed by atoms with E-state index in [0.29, 0.717) is 5.16 Å². The largest absolute Gasteiger partial charge is 0.325 e. The average molecular weight is 394 g/mol. The number of thioether (sulfide) groups is 1. The van der Waals surface area contributed by atoms with Gasteiger partial charge in [-0.15, -0.1) is 10.2 Å². The van der Waals surface area contributed by atoms with Crippen LogP contribution >= 0.6 is 11.8 Å². The van der Waals surface area contributed by atoms with E-state index in [4.69, 9.17) is 0 Å². The van der Waals surface area contributed by atoms with E-state index in [-0.39, 0.29) is 17.2 Å². The number of hydrogen-bond acceptors (Lipinski definition) is 5. The van der Waals surface area contributed by atoms with Gasteiger partial charge in [-0.05, 0) is 44.9 Å². The van der Waals surface area contributed by atoms with Crippen LogP contribution in [0.25, 0.3) is 0 Å². The van der Waals surface area contributed by atoms with Crippen LogP contribution in [0.15, 0.2) is 47.6 Å². The number of rotatable bonds is 3. The van der Waals surface area contributed by atoms with Crippen molar-refractivity contribution < 1.29 is 4.79 Å². The number of aryl methyl sites for hydroxylation is 4. The lowest BCUT2D eigenvalue weighted by molar-refractivity contribution is -0.116. The minimum absolute atomic E-state index is 0.0538. The molecule has 7 heteroatoms. The summed E-state index contributed by atoms with van der Waals surface area (Å²) in [6, 6.07) is 14.1. The molecule has 1 aromatic heterocycles. The van der Waals surface area contributed by atoms with Gasteiger partial charge in [0.25, 0.3) is 0 Å². The van der Waals surface area contributed by atoms with E-state index in [1.807, 2.05) is 37.6 Å². The maximum atomic E-state index is 13.2. The minimum atomic E-state index is -0.375. The van der Waals surface area contributed by atoms with Crippen LogP contribution in [0.1, 0.15) is 34.1 Å². The molecule has 2 atom stereocenters. The normalized spacial score (nSPS) is 18.3. The van der Waals surface area contributed by atoms with E-state index in [1.54, 1.807) is 0 Å². The molecule has 28 heavy (non-hydrogen) atoms. The Balaban J connectivity index is 1.67. The molecule has 0 radical (unpaired) electrons. The van der Waals surface area contributed by atoms with Crippen LogP contribution in [-0.2, 0) is 4.79 Å². The molecule has 0 spiro atoms.